The molecule has 14 heavy (non-hydrogen) atoms. The van der Waals surface area contributed by atoms with Crippen LogP contribution in [0, 0.1) is 0 Å². The quantitative estimate of drug-likeness (QED) is 0.670. The Morgan fingerprint density at radius 3 is 2.43 bits per heavy atom. The van der Waals surface area contributed by atoms with E-state index in [9.17, 15) is 0 Å². The van der Waals surface area contributed by atoms with Crippen LogP contribution in [0.1, 0.15) is 39.0 Å². The zero-order valence-electron chi connectivity index (χ0n) is 9.18. The van der Waals surface area contributed by atoms with E-state index in [1.54, 1.807) is 0 Å². The fraction of sp³-hybridized carbons (Fsp3) is 0.538. The Labute approximate surface area is 87.6 Å². The van der Waals surface area contributed by atoms with Gasteiger partial charge < -0.3 is 5.32 Å². The van der Waals surface area contributed by atoms with Crippen molar-refractivity contribution in [2.45, 2.75) is 45.1 Å². The van der Waals surface area contributed by atoms with E-state index in [1.807, 2.05) is 19.1 Å². The van der Waals surface area contributed by atoms with Gasteiger partial charge in [0.25, 0.3) is 0 Å². The molecule has 1 rings (SSSR count). The molecule has 0 aromatic rings. The summed E-state index contributed by atoms with van der Waals surface area (Å²) >= 11 is 0. The summed E-state index contributed by atoms with van der Waals surface area (Å²) in [4.78, 5) is 0. The van der Waals surface area contributed by atoms with E-state index in [2.05, 4.69) is 18.5 Å². The van der Waals surface area contributed by atoms with Crippen molar-refractivity contribution in [1.29, 1.82) is 0 Å². The Morgan fingerprint density at radius 2 is 1.93 bits per heavy atom. The third-order valence-corrected chi connectivity index (χ3v) is 2.71. The van der Waals surface area contributed by atoms with Crippen LogP contribution in [0.15, 0.2) is 36.6 Å². The van der Waals surface area contributed by atoms with Crippen molar-refractivity contribution in [3.63, 3.8) is 0 Å². The first-order valence-electron chi connectivity index (χ1n) is 5.49. The van der Waals surface area contributed by atoms with Gasteiger partial charge in [-0.2, -0.15) is 0 Å². The molecule has 1 saturated carbocycles. The summed E-state index contributed by atoms with van der Waals surface area (Å²) in [5.74, 6) is 0. The third-order valence-electron chi connectivity index (χ3n) is 2.71. The monoisotopic (exact) mass is 191 g/mol. The van der Waals surface area contributed by atoms with Crippen molar-refractivity contribution in [1.82, 2.24) is 5.32 Å². The predicted octanol–water partition coefficient (Wildman–Crippen LogP) is 3.55. The van der Waals surface area contributed by atoms with Crippen LogP contribution in [0.2, 0.25) is 0 Å². The fourth-order valence-electron chi connectivity index (χ4n) is 1.90. The van der Waals surface area contributed by atoms with E-state index in [-0.39, 0.29) is 0 Å². The largest absolute Gasteiger partial charge is 0.382 e. The van der Waals surface area contributed by atoms with Gasteiger partial charge in [0.1, 0.15) is 0 Å². The number of rotatable bonds is 4. The lowest BCUT2D eigenvalue weighted by molar-refractivity contribution is 0.398. The molecule has 1 nitrogen and oxygen atoms in total. The molecule has 78 valence electrons. The molecule has 1 fully saturated rings. The molecule has 0 spiro atoms. The second kappa shape index (κ2) is 5.69. The van der Waals surface area contributed by atoms with Crippen LogP contribution >= 0.6 is 0 Å². The van der Waals surface area contributed by atoms with Gasteiger partial charge in [-0.05, 0) is 31.4 Å². The van der Waals surface area contributed by atoms with E-state index >= 15 is 0 Å². The maximum atomic E-state index is 3.96. The number of hydrogen-bond donors (Lipinski definition) is 1. The lowest BCUT2D eigenvalue weighted by Gasteiger charge is -2.25. The predicted molar refractivity (Wildman–Crippen MR) is 63.1 cm³/mol. The normalized spacial score (nSPS) is 19.1. The van der Waals surface area contributed by atoms with Crippen molar-refractivity contribution >= 4 is 0 Å². The van der Waals surface area contributed by atoms with Gasteiger partial charge in [0.05, 0.1) is 0 Å². The molecule has 0 amide bonds. The van der Waals surface area contributed by atoms with Crippen LogP contribution in [-0.4, -0.2) is 6.04 Å². The van der Waals surface area contributed by atoms with E-state index in [4.69, 9.17) is 0 Å². The van der Waals surface area contributed by atoms with E-state index in [1.165, 1.54) is 32.1 Å². The van der Waals surface area contributed by atoms with Gasteiger partial charge in [-0.3, -0.25) is 0 Å². The minimum Gasteiger partial charge on any atom is -0.382 e. The third kappa shape index (κ3) is 3.41. The fourth-order valence-corrected chi connectivity index (χ4v) is 1.90. The van der Waals surface area contributed by atoms with Crippen LogP contribution < -0.4 is 5.32 Å². The van der Waals surface area contributed by atoms with Gasteiger partial charge >= 0.3 is 0 Å². The molecule has 1 aliphatic rings. The molecule has 0 saturated heterocycles. The molecular weight excluding hydrogens is 170 g/mol. The minimum absolute atomic E-state index is 0.645. The first kappa shape index (κ1) is 11.1. The van der Waals surface area contributed by atoms with E-state index < -0.39 is 0 Å². The topological polar surface area (TPSA) is 12.0 Å². The second-order valence-electron chi connectivity index (χ2n) is 4.08. The number of hydrogen-bond acceptors (Lipinski definition) is 1. The second-order valence-corrected chi connectivity index (χ2v) is 4.08. The van der Waals surface area contributed by atoms with Crippen LogP contribution in [0.3, 0.4) is 0 Å². The Bertz CT molecular complexity index is 232. The number of nitrogens with one attached hydrogen (secondary N) is 1. The zero-order chi connectivity index (χ0) is 10.4. The van der Waals surface area contributed by atoms with Crippen LogP contribution in [-0.2, 0) is 0 Å². The lowest BCUT2D eigenvalue weighted by atomic mass is 9.95. The molecule has 0 radical (unpaired) electrons. The summed E-state index contributed by atoms with van der Waals surface area (Å²) in [5, 5.41) is 3.55. The van der Waals surface area contributed by atoms with Crippen molar-refractivity contribution < 1.29 is 0 Å². The Morgan fingerprint density at radius 1 is 1.29 bits per heavy atom. The summed E-state index contributed by atoms with van der Waals surface area (Å²) in [6, 6.07) is 0.645. The van der Waals surface area contributed by atoms with Crippen LogP contribution in [0.4, 0.5) is 0 Å². The van der Waals surface area contributed by atoms with Crippen LogP contribution in [0.25, 0.3) is 0 Å². The van der Waals surface area contributed by atoms with Crippen molar-refractivity contribution in [2.75, 3.05) is 0 Å². The molecule has 0 heterocycles. The van der Waals surface area contributed by atoms with Crippen molar-refractivity contribution in [3.8, 4) is 0 Å². The Hall–Kier alpha value is -0.980. The summed E-state index contributed by atoms with van der Waals surface area (Å²) < 4.78 is 0. The van der Waals surface area contributed by atoms with Gasteiger partial charge in [-0.1, -0.05) is 38.5 Å². The SMILES string of the molecule is C=C/C=C(/NC1CCCCC1)C(=C)C. The van der Waals surface area contributed by atoms with Crippen molar-refractivity contribution in [2.24, 2.45) is 0 Å². The zero-order valence-corrected chi connectivity index (χ0v) is 9.18. The van der Waals surface area contributed by atoms with Crippen LogP contribution in [0.5, 0.6) is 0 Å². The average molecular weight is 191 g/mol. The molecule has 0 bridgehead atoms. The smallest absolute Gasteiger partial charge is 0.0365 e. The van der Waals surface area contributed by atoms with Gasteiger partial charge in [0.2, 0.25) is 0 Å². The Kier molecular flexibility index (Phi) is 4.51. The molecule has 0 atom stereocenters. The highest BCUT2D eigenvalue weighted by molar-refractivity contribution is 5.28. The summed E-state index contributed by atoms with van der Waals surface area (Å²) in [7, 11) is 0. The standard InChI is InChI=1S/C13H21N/c1-4-8-13(11(2)3)14-12-9-6-5-7-10-12/h4,8,12,14H,1-2,5-7,9-10H2,3H3/b13-8+. The average Bonchev–Trinajstić information content (AvgIpc) is 2.18. The molecule has 0 aromatic heterocycles. The van der Waals surface area contributed by atoms with Gasteiger partial charge in [-0.15, -0.1) is 0 Å². The molecule has 0 aromatic carbocycles. The molecule has 0 aliphatic heterocycles. The van der Waals surface area contributed by atoms with Crippen molar-refractivity contribution in [3.05, 3.63) is 36.6 Å². The van der Waals surface area contributed by atoms with E-state index in [0.29, 0.717) is 6.04 Å². The summed E-state index contributed by atoms with van der Waals surface area (Å²) in [6.45, 7) is 9.71. The first-order chi connectivity index (χ1) is 6.74. The highest BCUT2D eigenvalue weighted by Gasteiger charge is 2.13. The maximum absolute atomic E-state index is 3.96. The molecule has 0 unspecified atom stereocenters. The minimum atomic E-state index is 0.645. The maximum Gasteiger partial charge on any atom is 0.0365 e. The van der Waals surface area contributed by atoms with Gasteiger partial charge in [0.15, 0.2) is 0 Å². The first-order valence-corrected chi connectivity index (χ1v) is 5.49. The highest BCUT2D eigenvalue weighted by Crippen LogP contribution is 2.19. The molecule has 1 aliphatic carbocycles. The molecule has 1 N–H and O–H groups in total. The summed E-state index contributed by atoms with van der Waals surface area (Å²) in [6.07, 6.45) is 10.5. The summed E-state index contributed by atoms with van der Waals surface area (Å²) in [5.41, 5.74) is 2.24. The molecule has 1 heteroatoms. The Balaban J connectivity index is 2.50. The van der Waals surface area contributed by atoms with Gasteiger partial charge in [-0.25, -0.2) is 0 Å². The molecular formula is C13H21N. The van der Waals surface area contributed by atoms with E-state index in [0.717, 1.165) is 11.3 Å². The van der Waals surface area contributed by atoms with Gasteiger partial charge in [0, 0.05) is 11.7 Å². The lowest BCUT2D eigenvalue weighted by Crippen LogP contribution is -2.30. The number of allylic oxidation sites excluding steroid dienone is 3. The highest BCUT2D eigenvalue weighted by atomic mass is 14.9.